The number of amides is 2. The molecule has 2 heterocycles. The molecule has 0 aliphatic carbocycles. The first-order chi connectivity index (χ1) is 10.6. The zero-order chi connectivity index (χ0) is 17.0. The second-order valence-corrected chi connectivity index (χ2v) is 3.60. The fourth-order valence-corrected chi connectivity index (χ4v) is 1.16. The summed E-state index contributed by atoms with van der Waals surface area (Å²) in [7, 11) is 1.84. The number of aryl methyl sites for hydroxylation is 1. The number of anilines is 2. The van der Waals surface area contributed by atoms with Crippen LogP contribution in [0.25, 0.3) is 0 Å². The molecule has 0 aromatic carbocycles. The van der Waals surface area contributed by atoms with E-state index in [2.05, 4.69) is 30.8 Å². The van der Waals surface area contributed by atoms with Crippen LogP contribution in [0.3, 0.4) is 0 Å². The van der Waals surface area contributed by atoms with Gasteiger partial charge in [-0.15, -0.1) is 0 Å². The van der Waals surface area contributed by atoms with Gasteiger partial charge >= 0.3 is 0 Å². The molecule has 0 spiro atoms. The Kier molecular flexibility index (Phi) is 9.32. The van der Waals surface area contributed by atoms with Gasteiger partial charge in [-0.2, -0.15) is 5.10 Å². The number of primary amides is 1. The molecule has 0 fully saturated rings. The topological polar surface area (TPSA) is 139 Å². The van der Waals surface area contributed by atoms with Crippen molar-refractivity contribution in [1.29, 1.82) is 0 Å². The average Bonchev–Trinajstić information content (AvgIpc) is 2.96. The van der Waals surface area contributed by atoms with E-state index in [0.29, 0.717) is 6.41 Å². The van der Waals surface area contributed by atoms with Crippen LogP contribution in [0.5, 0.6) is 0 Å². The maximum atomic E-state index is 10.6. The van der Waals surface area contributed by atoms with Crippen molar-refractivity contribution >= 4 is 24.0 Å². The largest absolute Gasteiger partial charge is 0.372 e. The molecule has 2 amide bonds. The van der Waals surface area contributed by atoms with E-state index in [1.54, 1.807) is 0 Å². The number of carbonyl (C=O) groups is 2. The molecular weight excluding hydrogens is 286 g/mol. The highest BCUT2D eigenvalue weighted by molar-refractivity contribution is 5.90. The molecule has 9 nitrogen and oxygen atoms in total. The first-order valence-electron chi connectivity index (χ1n) is 6.58. The summed E-state index contributed by atoms with van der Waals surface area (Å²) in [5, 5.41) is 11.9. The molecule has 120 valence electrons. The van der Waals surface area contributed by atoms with Crippen molar-refractivity contribution in [2.45, 2.75) is 20.8 Å². The van der Waals surface area contributed by atoms with Crippen LogP contribution in [0.4, 0.5) is 11.6 Å². The summed E-state index contributed by atoms with van der Waals surface area (Å²) >= 11 is 0. The Morgan fingerprint density at radius 1 is 1.32 bits per heavy atom. The third-order valence-corrected chi connectivity index (χ3v) is 2.06. The van der Waals surface area contributed by atoms with Crippen LogP contribution >= 0.6 is 0 Å². The molecule has 0 saturated heterocycles. The first-order valence-corrected chi connectivity index (χ1v) is 6.58. The van der Waals surface area contributed by atoms with E-state index in [-0.39, 0.29) is 11.5 Å². The number of hydrogen-bond donors (Lipinski definition) is 4. The van der Waals surface area contributed by atoms with Crippen LogP contribution < -0.4 is 16.4 Å². The maximum absolute atomic E-state index is 10.6. The Balaban J connectivity index is 0.000000382. The molecular formula is C13H21N7O2. The van der Waals surface area contributed by atoms with Crippen molar-refractivity contribution in [2.75, 3.05) is 17.7 Å². The summed E-state index contributed by atoms with van der Waals surface area (Å²) in [4.78, 5) is 27.8. The minimum Gasteiger partial charge on any atom is -0.372 e. The monoisotopic (exact) mass is 307 g/mol. The number of hydrogen-bond acceptors (Lipinski definition) is 6. The summed E-state index contributed by atoms with van der Waals surface area (Å²) in [5.74, 6) is 0.404. The van der Waals surface area contributed by atoms with Crippen molar-refractivity contribution < 1.29 is 9.59 Å². The Morgan fingerprint density at radius 3 is 2.41 bits per heavy atom. The molecule has 9 heteroatoms. The van der Waals surface area contributed by atoms with Crippen LogP contribution in [-0.2, 0) is 4.79 Å². The fraction of sp³-hybridized carbons (Fsp3) is 0.308. The molecule has 0 atom stereocenters. The Labute approximate surface area is 128 Å². The normalized spacial score (nSPS) is 8.55. The second-order valence-electron chi connectivity index (χ2n) is 3.60. The van der Waals surface area contributed by atoms with Crippen molar-refractivity contribution in [3.05, 3.63) is 29.8 Å². The molecule has 22 heavy (non-hydrogen) atoms. The van der Waals surface area contributed by atoms with E-state index in [0.717, 1.165) is 11.5 Å². The molecule has 2 rings (SSSR count). The smallest absolute Gasteiger partial charge is 0.268 e. The molecule has 0 bridgehead atoms. The Morgan fingerprint density at radius 2 is 2.00 bits per heavy atom. The van der Waals surface area contributed by atoms with Gasteiger partial charge in [-0.25, -0.2) is 4.98 Å². The number of aromatic nitrogens is 4. The van der Waals surface area contributed by atoms with Gasteiger partial charge in [0.05, 0.1) is 12.4 Å². The van der Waals surface area contributed by atoms with Gasteiger partial charge < -0.3 is 16.4 Å². The predicted octanol–water partition coefficient (Wildman–Crippen LogP) is 0.930. The van der Waals surface area contributed by atoms with Gasteiger partial charge in [0, 0.05) is 18.8 Å². The van der Waals surface area contributed by atoms with Gasteiger partial charge in [0.1, 0.15) is 11.5 Å². The average molecular weight is 307 g/mol. The zero-order valence-corrected chi connectivity index (χ0v) is 13.0. The van der Waals surface area contributed by atoms with Crippen molar-refractivity contribution in [3.63, 3.8) is 0 Å². The van der Waals surface area contributed by atoms with Crippen molar-refractivity contribution in [3.8, 4) is 0 Å². The summed E-state index contributed by atoms with van der Waals surface area (Å²) < 4.78 is 0. The lowest BCUT2D eigenvalue weighted by Crippen LogP contribution is -2.14. The highest BCUT2D eigenvalue weighted by Crippen LogP contribution is 2.00. The second kappa shape index (κ2) is 10.8. The van der Waals surface area contributed by atoms with Crippen molar-refractivity contribution in [1.82, 2.24) is 20.2 Å². The molecule has 0 aliphatic rings. The van der Waals surface area contributed by atoms with Gasteiger partial charge in [0.25, 0.3) is 5.91 Å². The lowest BCUT2D eigenvalue weighted by molar-refractivity contribution is -0.105. The SMILES string of the molecule is CC.CNc1cc(C)[nH]n1.NC(=O)c1cncc(NC=O)n1. The van der Waals surface area contributed by atoms with Crippen LogP contribution in [0.1, 0.15) is 30.0 Å². The number of carbonyl (C=O) groups excluding carboxylic acids is 2. The van der Waals surface area contributed by atoms with Gasteiger partial charge in [0.2, 0.25) is 6.41 Å². The van der Waals surface area contributed by atoms with E-state index in [4.69, 9.17) is 5.73 Å². The molecule has 0 saturated carbocycles. The third-order valence-electron chi connectivity index (χ3n) is 2.06. The molecule has 0 aliphatic heterocycles. The standard InChI is InChI=1S/C6H6N4O2.C5H9N3.C2H6/c7-6(12)4-1-8-2-5(10-4)9-3-11;1-4-3-5(6-2)8-7-4;1-2/h1-3H,(H2,7,12)(H,9,10,11);3H,1-2H3,(H2,6,7,8);1-2H3. The highest BCUT2D eigenvalue weighted by Gasteiger charge is 2.02. The number of nitrogens with zero attached hydrogens (tertiary/aromatic N) is 3. The Bertz CT molecular complexity index is 583. The summed E-state index contributed by atoms with van der Waals surface area (Å²) in [6, 6.07) is 1.94. The first kappa shape index (κ1) is 19.0. The Hall–Kier alpha value is -2.97. The lowest BCUT2D eigenvalue weighted by atomic mass is 10.4. The molecule has 2 aromatic rings. The number of nitrogens with one attached hydrogen (secondary N) is 3. The molecule has 0 unspecified atom stereocenters. The maximum Gasteiger partial charge on any atom is 0.268 e. The summed E-state index contributed by atoms with van der Waals surface area (Å²) in [5.41, 5.74) is 6.01. The van der Waals surface area contributed by atoms with Crippen molar-refractivity contribution in [2.24, 2.45) is 5.73 Å². The van der Waals surface area contributed by atoms with E-state index < -0.39 is 5.91 Å². The van der Waals surface area contributed by atoms with Gasteiger partial charge in [-0.05, 0) is 6.92 Å². The number of aromatic amines is 1. The summed E-state index contributed by atoms with van der Waals surface area (Å²) in [6.45, 7) is 5.97. The molecule has 5 N–H and O–H groups in total. The van der Waals surface area contributed by atoms with Crippen LogP contribution in [-0.4, -0.2) is 39.5 Å². The van der Waals surface area contributed by atoms with E-state index in [9.17, 15) is 9.59 Å². The highest BCUT2D eigenvalue weighted by atomic mass is 16.1. The van der Waals surface area contributed by atoms with Crippen LogP contribution in [0, 0.1) is 6.92 Å². The van der Waals surface area contributed by atoms with Gasteiger partial charge in [-0.3, -0.25) is 19.7 Å². The van der Waals surface area contributed by atoms with Crippen LogP contribution in [0.2, 0.25) is 0 Å². The fourth-order valence-electron chi connectivity index (χ4n) is 1.16. The minimum absolute atomic E-state index is 0.0156. The van der Waals surface area contributed by atoms with Gasteiger partial charge in [0.15, 0.2) is 5.82 Å². The molecule has 2 aromatic heterocycles. The van der Waals surface area contributed by atoms with Crippen LogP contribution in [0.15, 0.2) is 18.5 Å². The third kappa shape index (κ3) is 6.98. The van der Waals surface area contributed by atoms with Gasteiger partial charge in [-0.1, -0.05) is 13.8 Å². The summed E-state index contributed by atoms with van der Waals surface area (Å²) in [6.07, 6.45) is 2.97. The van der Waals surface area contributed by atoms with E-state index in [1.807, 2.05) is 33.9 Å². The molecule has 0 radical (unpaired) electrons. The number of rotatable bonds is 4. The van der Waals surface area contributed by atoms with E-state index in [1.165, 1.54) is 12.4 Å². The number of nitrogens with two attached hydrogens (primary N) is 1. The quantitative estimate of drug-likeness (QED) is 0.620. The predicted molar refractivity (Wildman–Crippen MR) is 84.5 cm³/mol. The number of H-pyrrole nitrogens is 1. The lowest BCUT2D eigenvalue weighted by Gasteiger charge is -1.97. The zero-order valence-electron chi connectivity index (χ0n) is 13.0. The minimum atomic E-state index is -0.683. The van der Waals surface area contributed by atoms with E-state index >= 15 is 0 Å².